The Balaban J connectivity index is 1.73. The molecule has 35 heavy (non-hydrogen) atoms. The molecule has 3 aromatic carbocycles. The number of anilines is 1. The molecule has 4 rings (SSSR count). The van der Waals surface area contributed by atoms with Gasteiger partial charge >= 0.3 is 6.03 Å². The van der Waals surface area contributed by atoms with Crippen molar-refractivity contribution in [1.82, 2.24) is 5.32 Å². The number of hydrogen-bond acceptors (Lipinski definition) is 4. The maximum Gasteiger partial charge on any atom is 0.335 e. The van der Waals surface area contributed by atoms with Crippen molar-refractivity contribution < 1.29 is 23.5 Å². The first-order chi connectivity index (χ1) is 16.8. The number of amides is 4. The van der Waals surface area contributed by atoms with Crippen LogP contribution >= 0.6 is 22.6 Å². The highest BCUT2D eigenvalue weighted by Crippen LogP contribution is 2.31. The Morgan fingerprint density at radius 1 is 1.06 bits per heavy atom. The molecule has 6 nitrogen and oxygen atoms in total. The molecule has 3 aromatic rings. The molecule has 1 aliphatic heterocycles. The third kappa shape index (κ3) is 5.27. The van der Waals surface area contributed by atoms with Gasteiger partial charge in [-0.05, 0) is 89.5 Å². The van der Waals surface area contributed by atoms with Crippen molar-refractivity contribution in [2.45, 2.75) is 20.3 Å². The summed E-state index contributed by atoms with van der Waals surface area (Å²) in [6.07, 6.45) is 1.91. The molecule has 1 saturated heterocycles. The van der Waals surface area contributed by atoms with Crippen LogP contribution in [0.25, 0.3) is 6.08 Å². The molecule has 0 aromatic heterocycles. The van der Waals surface area contributed by atoms with Crippen molar-refractivity contribution in [2.24, 2.45) is 0 Å². The number of imide groups is 2. The molecular weight excluding hydrogens is 562 g/mol. The van der Waals surface area contributed by atoms with E-state index in [9.17, 15) is 18.8 Å². The number of rotatable bonds is 6. The smallest absolute Gasteiger partial charge is 0.335 e. The van der Waals surface area contributed by atoms with Gasteiger partial charge in [0.15, 0.2) is 0 Å². The number of urea groups is 1. The zero-order valence-corrected chi connectivity index (χ0v) is 21.3. The SMILES string of the molecule is CCOc1cc(/C=C2\C(=O)NC(=O)N(c3ccccc3C)C2=O)cc(I)c1Cc1cccc(F)c1. The van der Waals surface area contributed by atoms with Crippen LogP contribution in [0.4, 0.5) is 14.9 Å². The minimum Gasteiger partial charge on any atom is -0.494 e. The van der Waals surface area contributed by atoms with Crippen LogP contribution in [0.3, 0.4) is 0 Å². The third-order valence-electron chi connectivity index (χ3n) is 5.52. The van der Waals surface area contributed by atoms with E-state index in [-0.39, 0.29) is 11.4 Å². The zero-order chi connectivity index (χ0) is 25.1. The van der Waals surface area contributed by atoms with Crippen molar-refractivity contribution in [3.05, 3.63) is 97.9 Å². The number of nitrogens with one attached hydrogen (secondary N) is 1. The van der Waals surface area contributed by atoms with Gasteiger partial charge in [-0.25, -0.2) is 14.1 Å². The Labute approximate surface area is 215 Å². The molecule has 0 aliphatic carbocycles. The molecule has 1 fully saturated rings. The predicted molar refractivity (Wildman–Crippen MR) is 140 cm³/mol. The van der Waals surface area contributed by atoms with E-state index in [2.05, 4.69) is 27.9 Å². The molecule has 0 unspecified atom stereocenters. The van der Waals surface area contributed by atoms with Gasteiger partial charge in [0.2, 0.25) is 0 Å². The van der Waals surface area contributed by atoms with Gasteiger partial charge in [0, 0.05) is 15.6 Å². The molecule has 0 bridgehead atoms. The molecule has 8 heteroatoms. The van der Waals surface area contributed by atoms with E-state index < -0.39 is 17.8 Å². The second-order valence-corrected chi connectivity index (χ2v) is 9.13. The van der Waals surface area contributed by atoms with E-state index in [1.165, 1.54) is 18.2 Å². The number of benzene rings is 3. The van der Waals surface area contributed by atoms with Crippen LogP contribution in [0.5, 0.6) is 5.75 Å². The number of para-hydroxylation sites is 1. The lowest BCUT2D eigenvalue weighted by Crippen LogP contribution is -2.54. The van der Waals surface area contributed by atoms with E-state index in [0.717, 1.165) is 25.2 Å². The summed E-state index contributed by atoms with van der Waals surface area (Å²) in [7, 11) is 0. The highest BCUT2D eigenvalue weighted by molar-refractivity contribution is 14.1. The van der Waals surface area contributed by atoms with Gasteiger partial charge in [-0.1, -0.05) is 30.3 Å². The Bertz CT molecular complexity index is 1370. The lowest BCUT2D eigenvalue weighted by molar-refractivity contribution is -0.122. The van der Waals surface area contributed by atoms with E-state index >= 15 is 0 Å². The fraction of sp³-hybridized carbons (Fsp3) is 0.148. The van der Waals surface area contributed by atoms with Crippen LogP contribution in [-0.2, 0) is 16.0 Å². The van der Waals surface area contributed by atoms with Gasteiger partial charge in [0.05, 0.1) is 12.3 Å². The zero-order valence-electron chi connectivity index (χ0n) is 19.1. The standard InChI is InChI=1S/C27H22FIN2O4/c1-3-35-24-15-18(14-22(29)20(24)12-17-8-6-9-19(28)11-17)13-21-25(32)30-27(34)31(26(21)33)23-10-5-4-7-16(23)2/h4-11,13-15H,3,12H2,1-2H3,(H,30,32,34)/b21-13+. The monoisotopic (exact) mass is 584 g/mol. The van der Waals surface area contributed by atoms with Gasteiger partial charge in [-0.15, -0.1) is 0 Å². The molecule has 0 atom stereocenters. The summed E-state index contributed by atoms with van der Waals surface area (Å²) < 4.78 is 20.4. The average Bonchev–Trinajstić information content (AvgIpc) is 2.80. The number of aryl methyl sites for hydroxylation is 1. The van der Waals surface area contributed by atoms with Crippen molar-refractivity contribution in [3.63, 3.8) is 0 Å². The van der Waals surface area contributed by atoms with Crippen molar-refractivity contribution in [1.29, 1.82) is 0 Å². The molecule has 0 spiro atoms. The summed E-state index contributed by atoms with van der Waals surface area (Å²) in [4.78, 5) is 39.3. The number of nitrogens with zero attached hydrogens (tertiary/aromatic N) is 1. The van der Waals surface area contributed by atoms with Gasteiger partial charge in [0.25, 0.3) is 11.8 Å². The minimum absolute atomic E-state index is 0.163. The molecule has 0 saturated carbocycles. The summed E-state index contributed by atoms with van der Waals surface area (Å²) in [5, 5.41) is 2.25. The second kappa shape index (κ2) is 10.4. The second-order valence-electron chi connectivity index (χ2n) is 7.96. The number of carbonyl (C=O) groups excluding carboxylic acids is 3. The van der Waals surface area contributed by atoms with Crippen molar-refractivity contribution in [2.75, 3.05) is 11.5 Å². The van der Waals surface area contributed by atoms with Gasteiger partial charge < -0.3 is 4.74 Å². The van der Waals surface area contributed by atoms with E-state index in [4.69, 9.17) is 4.74 Å². The van der Waals surface area contributed by atoms with Gasteiger partial charge in [-0.2, -0.15) is 0 Å². The normalized spacial score (nSPS) is 14.9. The highest BCUT2D eigenvalue weighted by atomic mass is 127. The third-order valence-corrected chi connectivity index (χ3v) is 6.48. The molecular formula is C27H22FIN2O4. The van der Waals surface area contributed by atoms with Crippen LogP contribution in [0.15, 0.2) is 66.2 Å². The van der Waals surface area contributed by atoms with Crippen LogP contribution < -0.4 is 15.0 Å². The van der Waals surface area contributed by atoms with Gasteiger partial charge in [0.1, 0.15) is 17.1 Å². The predicted octanol–water partition coefficient (Wildman–Crippen LogP) is 5.39. The van der Waals surface area contributed by atoms with Crippen molar-refractivity contribution in [3.8, 4) is 5.75 Å². The maximum atomic E-state index is 13.7. The van der Waals surface area contributed by atoms with E-state index in [0.29, 0.717) is 30.0 Å². The lowest BCUT2D eigenvalue weighted by Gasteiger charge is -2.27. The molecule has 1 heterocycles. The number of barbiturate groups is 1. The van der Waals surface area contributed by atoms with E-state index in [1.54, 1.807) is 43.3 Å². The Morgan fingerprint density at radius 2 is 1.83 bits per heavy atom. The first-order valence-corrected chi connectivity index (χ1v) is 12.0. The molecule has 178 valence electrons. The number of carbonyl (C=O) groups is 3. The Morgan fingerprint density at radius 3 is 2.54 bits per heavy atom. The summed E-state index contributed by atoms with van der Waals surface area (Å²) in [6.45, 7) is 4.04. The number of halogens is 2. The first kappa shape index (κ1) is 24.6. The summed E-state index contributed by atoms with van der Waals surface area (Å²) >= 11 is 2.16. The van der Waals surface area contributed by atoms with Crippen LogP contribution in [0.2, 0.25) is 0 Å². The molecule has 4 amide bonds. The fourth-order valence-electron chi connectivity index (χ4n) is 3.88. The average molecular weight is 584 g/mol. The van der Waals surface area contributed by atoms with Gasteiger partial charge in [-0.3, -0.25) is 14.9 Å². The summed E-state index contributed by atoms with van der Waals surface area (Å²) in [5.41, 5.74) is 3.20. The van der Waals surface area contributed by atoms with Crippen LogP contribution in [-0.4, -0.2) is 24.5 Å². The molecule has 1 aliphatic rings. The Kier molecular flexibility index (Phi) is 7.30. The van der Waals surface area contributed by atoms with Crippen LogP contribution in [0.1, 0.15) is 29.2 Å². The fourth-order valence-corrected chi connectivity index (χ4v) is 4.69. The first-order valence-electron chi connectivity index (χ1n) is 10.9. The topological polar surface area (TPSA) is 75.7 Å². The van der Waals surface area contributed by atoms with Crippen molar-refractivity contribution >= 4 is 52.2 Å². The van der Waals surface area contributed by atoms with Crippen LogP contribution in [0, 0.1) is 16.3 Å². The highest BCUT2D eigenvalue weighted by Gasteiger charge is 2.37. The number of ether oxygens (including phenoxy) is 1. The molecule has 0 radical (unpaired) electrons. The molecule has 1 N–H and O–H groups in total. The minimum atomic E-state index is -0.790. The largest absolute Gasteiger partial charge is 0.494 e. The van der Waals surface area contributed by atoms with E-state index in [1.807, 2.05) is 19.1 Å². The summed E-state index contributed by atoms with van der Waals surface area (Å²) in [6, 6.07) is 16.1. The quantitative estimate of drug-likeness (QED) is 0.240. The number of hydrogen-bond donors (Lipinski definition) is 1. The summed E-state index contributed by atoms with van der Waals surface area (Å²) in [5.74, 6) is -1.20. The Hall–Kier alpha value is -3.53. The maximum absolute atomic E-state index is 13.7. The lowest BCUT2D eigenvalue weighted by atomic mass is 10.00.